The van der Waals surface area contributed by atoms with Crippen LogP contribution in [0.5, 0.6) is 11.5 Å². The Balaban J connectivity index is 1.71. The fourth-order valence-corrected chi connectivity index (χ4v) is 3.14. The van der Waals surface area contributed by atoms with Crippen LogP contribution in [0.2, 0.25) is 0 Å². The third-order valence-electron chi connectivity index (χ3n) is 4.51. The van der Waals surface area contributed by atoms with Gasteiger partial charge in [-0.2, -0.15) is 0 Å². The molecule has 3 rings (SSSR count). The molecule has 0 saturated carbocycles. The minimum Gasteiger partial charge on any atom is -0.493 e. The lowest BCUT2D eigenvalue weighted by Gasteiger charge is -2.40. The highest BCUT2D eigenvalue weighted by molar-refractivity contribution is 5.78. The second-order valence-electron chi connectivity index (χ2n) is 6.22. The van der Waals surface area contributed by atoms with E-state index in [0.717, 1.165) is 18.7 Å². The molecule has 0 unspecified atom stereocenters. The highest BCUT2D eigenvalue weighted by atomic mass is 16.5. The molecular formula is C20H24N2O3. The van der Waals surface area contributed by atoms with Gasteiger partial charge in [-0.1, -0.05) is 42.5 Å². The molecule has 1 aliphatic rings. The van der Waals surface area contributed by atoms with E-state index < -0.39 is 0 Å². The van der Waals surface area contributed by atoms with Crippen molar-refractivity contribution in [3.8, 4) is 11.5 Å². The van der Waals surface area contributed by atoms with Crippen LogP contribution in [0, 0.1) is 0 Å². The second-order valence-corrected chi connectivity index (χ2v) is 6.22. The van der Waals surface area contributed by atoms with Crippen molar-refractivity contribution in [3.63, 3.8) is 0 Å². The minimum absolute atomic E-state index is 0.00661. The Morgan fingerprint density at radius 2 is 1.72 bits per heavy atom. The summed E-state index contributed by atoms with van der Waals surface area (Å²) in [6.45, 7) is 2.39. The van der Waals surface area contributed by atoms with E-state index in [4.69, 9.17) is 9.47 Å². The van der Waals surface area contributed by atoms with E-state index in [1.165, 1.54) is 0 Å². The van der Waals surface area contributed by atoms with Crippen LogP contribution in [-0.4, -0.2) is 56.1 Å². The number of ether oxygens (including phenoxy) is 2. The van der Waals surface area contributed by atoms with Gasteiger partial charge in [-0.15, -0.1) is 0 Å². The standard InChI is InChI=1S/C20H24N2O3/c1-21-12-13-22(17(14-21)16-8-4-3-5-9-16)20(23)15-25-19-11-7-6-10-18(19)24-2/h3-11,17H,12-15H2,1-2H3/t17-/m0/s1. The summed E-state index contributed by atoms with van der Waals surface area (Å²) in [6.07, 6.45) is 0. The normalized spacial score (nSPS) is 18.0. The molecule has 0 N–H and O–H groups in total. The van der Waals surface area contributed by atoms with Crippen molar-refractivity contribution in [2.45, 2.75) is 6.04 Å². The van der Waals surface area contributed by atoms with E-state index in [1.807, 2.05) is 47.4 Å². The molecule has 0 aromatic heterocycles. The first kappa shape index (κ1) is 17.3. The number of likely N-dealkylation sites (N-methyl/N-ethyl adjacent to an activating group) is 1. The molecule has 5 heteroatoms. The fourth-order valence-electron chi connectivity index (χ4n) is 3.14. The van der Waals surface area contributed by atoms with Gasteiger partial charge in [0.25, 0.3) is 5.91 Å². The average Bonchev–Trinajstić information content (AvgIpc) is 2.67. The molecule has 2 aromatic rings. The number of hydrogen-bond acceptors (Lipinski definition) is 4. The Hall–Kier alpha value is -2.53. The van der Waals surface area contributed by atoms with Crippen LogP contribution in [0.25, 0.3) is 0 Å². The third-order valence-corrected chi connectivity index (χ3v) is 4.51. The third kappa shape index (κ3) is 4.12. The molecule has 132 valence electrons. The number of carbonyl (C=O) groups excluding carboxylic acids is 1. The van der Waals surface area contributed by atoms with Crippen LogP contribution >= 0.6 is 0 Å². The van der Waals surface area contributed by atoms with Crippen LogP contribution in [-0.2, 0) is 4.79 Å². The van der Waals surface area contributed by atoms with Gasteiger partial charge in [0.05, 0.1) is 13.2 Å². The monoisotopic (exact) mass is 340 g/mol. The number of hydrogen-bond donors (Lipinski definition) is 0. The highest BCUT2D eigenvalue weighted by Crippen LogP contribution is 2.27. The average molecular weight is 340 g/mol. The quantitative estimate of drug-likeness (QED) is 0.839. The summed E-state index contributed by atoms with van der Waals surface area (Å²) in [6, 6.07) is 17.6. The topological polar surface area (TPSA) is 42.0 Å². The van der Waals surface area contributed by atoms with Gasteiger partial charge in [-0.05, 0) is 24.7 Å². The number of para-hydroxylation sites is 2. The van der Waals surface area contributed by atoms with Crippen molar-refractivity contribution in [2.24, 2.45) is 0 Å². The Morgan fingerprint density at radius 3 is 2.44 bits per heavy atom. The van der Waals surface area contributed by atoms with Gasteiger partial charge < -0.3 is 19.3 Å². The zero-order chi connectivity index (χ0) is 17.6. The Bertz CT molecular complexity index is 705. The maximum absolute atomic E-state index is 12.8. The Morgan fingerprint density at radius 1 is 1.04 bits per heavy atom. The molecule has 1 saturated heterocycles. The molecule has 1 aliphatic heterocycles. The van der Waals surface area contributed by atoms with Crippen molar-refractivity contribution in [1.29, 1.82) is 0 Å². The van der Waals surface area contributed by atoms with Crippen molar-refractivity contribution < 1.29 is 14.3 Å². The number of benzene rings is 2. The van der Waals surface area contributed by atoms with E-state index in [9.17, 15) is 4.79 Å². The Kier molecular flexibility index (Phi) is 5.56. The molecule has 1 atom stereocenters. The highest BCUT2D eigenvalue weighted by Gasteiger charge is 2.30. The van der Waals surface area contributed by atoms with Gasteiger partial charge in [0, 0.05) is 19.6 Å². The van der Waals surface area contributed by atoms with Crippen LogP contribution in [0.3, 0.4) is 0 Å². The number of amides is 1. The molecule has 1 amide bonds. The molecule has 0 bridgehead atoms. The molecule has 1 fully saturated rings. The molecule has 1 heterocycles. The maximum atomic E-state index is 12.8. The van der Waals surface area contributed by atoms with E-state index in [0.29, 0.717) is 18.0 Å². The second kappa shape index (κ2) is 8.03. The van der Waals surface area contributed by atoms with Gasteiger partial charge >= 0.3 is 0 Å². The summed E-state index contributed by atoms with van der Waals surface area (Å²) in [4.78, 5) is 17.0. The predicted octanol–water partition coefficient (Wildman–Crippen LogP) is 2.59. The SMILES string of the molecule is COc1ccccc1OCC(=O)N1CCN(C)C[C@H]1c1ccccc1. The molecule has 2 aromatic carbocycles. The van der Waals surface area contributed by atoms with Crippen molar-refractivity contribution in [1.82, 2.24) is 9.80 Å². The molecular weight excluding hydrogens is 316 g/mol. The zero-order valence-corrected chi connectivity index (χ0v) is 14.7. The lowest BCUT2D eigenvalue weighted by atomic mass is 10.0. The van der Waals surface area contributed by atoms with Gasteiger partial charge in [0.15, 0.2) is 18.1 Å². The first-order valence-electron chi connectivity index (χ1n) is 8.48. The summed E-state index contributed by atoms with van der Waals surface area (Å²) in [5.74, 6) is 1.21. The lowest BCUT2D eigenvalue weighted by molar-refractivity contribution is -0.138. The molecule has 0 aliphatic carbocycles. The summed E-state index contributed by atoms with van der Waals surface area (Å²) in [5, 5.41) is 0. The van der Waals surface area contributed by atoms with E-state index in [1.54, 1.807) is 7.11 Å². The molecule has 5 nitrogen and oxygen atoms in total. The number of carbonyl (C=O) groups is 1. The largest absolute Gasteiger partial charge is 0.493 e. The van der Waals surface area contributed by atoms with Crippen LogP contribution < -0.4 is 9.47 Å². The van der Waals surface area contributed by atoms with Gasteiger partial charge in [0.1, 0.15) is 0 Å². The Labute approximate surface area is 148 Å². The number of methoxy groups -OCH3 is 1. The maximum Gasteiger partial charge on any atom is 0.261 e. The molecule has 25 heavy (non-hydrogen) atoms. The number of piperazine rings is 1. The summed E-state index contributed by atoms with van der Waals surface area (Å²) >= 11 is 0. The van der Waals surface area contributed by atoms with Gasteiger partial charge in [0.2, 0.25) is 0 Å². The van der Waals surface area contributed by atoms with Crippen LogP contribution in [0.4, 0.5) is 0 Å². The fraction of sp³-hybridized carbons (Fsp3) is 0.350. The summed E-state index contributed by atoms with van der Waals surface area (Å²) in [7, 11) is 3.68. The van der Waals surface area contributed by atoms with E-state index in [2.05, 4.69) is 24.1 Å². The molecule has 0 spiro atoms. The van der Waals surface area contributed by atoms with Gasteiger partial charge in [-0.25, -0.2) is 0 Å². The zero-order valence-electron chi connectivity index (χ0n) is 14.7. The lowest BCUT2D eigenvalue weighted by Crippen LogP contribution is -2.50. The molecule has 0 radical (unpaired) electrons. The first-order valence-corrected chi connectivity index (χ1v) is 8.48. The van der Waals surface area contributed by atoms with Crippen LogP contribution in [0.15, 0.2) is 54.6 Å². The van der Waals surface area contributed by atoms with E-state index >= 15 is 0 Å². The van der Waals surface area contributed by atoms with Gasteiger partial charge in [-0.3, -0.25) is 4.79 Å². The van der Waals surface area contributed by atoms with Crippen LogP contribution in [0.1, 0.15) is 11.6 Å². The minimum atomic E-state index is -0.00661. The van der Waals surface area contributed by atoms with Crippen molar-refractivity contribution in [3.05, 3.63) is 60.2 Å². The number of nitrogens with zero attached hydrogens (tertiary/aromatic N) is 2. The first-order chi connectivity index (χ1) is 12.2. The van der Waals surface area contributed by atoms with Crippen molar-refractivity contribution >= 4 is 5.91 Å². The summed E-state index contributed by atoms with van der Waals surface area (Å²) < 4.78 is 11.0. The smallest absolute Gasteiger partial charge is 0.261 e. The predicted molar refractivity (Wildman–Crippen MR) is 96.9 cm³/mol. The number of rotatable bonds is 5. The summed E-state index contributed by atoms with van der Waals surface area (Å²) in [5.41, 5.74) is 1.15. The van der Waals surface area contributed by atoms with Crippen molar-refractivity contribution in [2.75, 3.05) is 40.4 Å². The van der Waals surface area contributed by atoms with E-state index in [-0.39, 0.29) is 18.6 Å².